The summed E-state index contributed by atoms with van der Waals surface area (Å²) in [5, 5.41) is 1.62. The number of ether oxygens (including phenoxy) is 1. The highest BCUT2D eigenvalue weighted by molar-refractivity contribution is 7.99. The molecule has 34 heavy (non-hydrogen) atoms. The number of aromatic amines is 1. The number of aryl methyl sites for hydroxylation is 2. The molecule has 1 saturated heterocycles. The minimum absolute atomic E-state index is 0.0326. The van der Waals surface area contributed by atoms with Crippen molar-refractivity contribution >= 4 is 49.5 Å². The summed E-state index contributed by atoms with van der Waals surface area (Å²) in [4.78, 5) is 21.3. The van der Waals surface area contributed by atoms with E-state index in [2.05, 4.69) is 4.98 Å². The summed E-state index contributed by atoms with van der Waals surface area (Å²) < 4.78 is 34.9. The van der Waals surface area contributed by atoms with Crippen LogP contribution in [0.1, 0.15) is 23.0 Å². The molecule has 2 aromatic heterocycles. The second-order valence-electron chi connectivity index (χ2n) is 8.19. The van der Waals surface area contributed by atoms with Gasteiger partial charge in [-0.15, -0.1) is 0 Å². The van der Waals surface area contributed by atoms with E-state index in [1.807, 2.05) is 42.7 Å². The van der Waals surface area contributed by atoms with E-state index in [0.29, 0.717) is 49.1 Å². The molecular weight excluding hydrogens is 472 g/mol. The molecule has 0 bridgehead atoms. The molecule has 2 aromatic carbocycles. The molecule has 0 saturated carbocycles. The van der Waals surface area contributed by atoms with Gasteiger partial charge in [-0.05, 0) is 38.1 Å². The van der Waals surface area contributed by atoms with Crippen molar-refractivity contribution in [1.82, 2.24) is 18.8 Å². The summed E-state index contributed by atoms with van der Waals surface area (Å²) >= 11 is 1.37. The molecule has 10 heteroatoms. The van der Waals surface area contributed by atoms with Crippen LogP contribution in [0.3, 0.4) is 0 Å². The number of rotatable bonds is 7. The number of para-hydroxylation sites is 1. The van der Waals surface area contributed by atoms with Crippen molar-refractivity contribution in [3.05, 3.63) is 53.7 Å². The number of nitrogens with zero attached hydrogens (tertiary/aromatic N) is 3. The third-order valence-electron chi connectivity index (χ3n) is 6.11. The van der Waals surface area contributed by atoms with Crippen LogP contribution in [0.5, 0.6) is 0 Å². The molecular formula is C24H26N4O4S2. The van der Waals surface area contributed by atoms with Gasteiger partial charge in [0.15, 0.2) is 10.9 Å². The van der Waals surface area contributed by atoms with E-state index in [1.54, 1.807) is 18.2 Å². The number of H-pyrrole nitrogens is 1. The smallest absolute Gasteiger partial charge is 0.243 e. The molecule has 0 unspecified atom stereocenters. The maximum Gasteiger partial charge on any atom is 0.243 e. The fraction of sp³-hybridized carbons (Fsp3) is 0.333. The largest absolute Gasteiger partial charge is 0.379 e. The third kappa shape index (κ3) is 4.04. The zero-order valence-electron chi connectivity index (χ0n) is 19.1. The van der Waals surface area contributed by atoms with Gasteiger partial charge in [0.05, 0.1) is 34.9 Å². The van der Waals surface area contributed by atoms with Crippen molar-refractivity contribution in [3.8, 4) is 0 Å². The first kappa shape index (κ1) is 23.1. The lowest BCUT2D eigenvalue weighted by Crippen LogP contribution is -2.40. The Morgan fingerprint density at radius 2 is 1.94 bits per heavy atom. The quantitative estimate of drug-likeness (QED) is 0.307. The Bertz CT molecular complexity index is 1480. The molecule has 1 N–H and O–H groups in total. The molecule has 1 aliphatic heterocycles. The van der Waals surface area contributed by atoms with Gasteiger partial charge in [-0.2, -0.15) is 4.31 Å². The lowest BCUT2D eigenvalue weighted by molar-refractivity contribution is 0.0730. The molecule has 3 heterocycles. The van der Waals surface area contributed by atoms with Crippen molar-refractivity contribution in [3.63, 3.8) is 0 Å². The van der Waals surface area contributed by atoms with E-state index in [9.17, 15) is 13.2 Å². The van der Waals surface area contributed by atoms with Gasteiger partial charge in [-0.25, -0.2) is 13.4 Å². The molecule has 1 fully saturated rings. The second kappa shape index (κ2) is 9.18. The molecule has 5 rings (SSSR count). The summed E-state index contributed by atoms with van der Waals surface area (Å²) in [6, 6.07) is 12.9. The number of morpholine rings is 1. The van der Waals surface area contributed by atoms with E-state index < -0.39 is 10.0 Å². The molecule has 0 atom stereocenters. The first-order chi connectivity index (χ1) is 16.4. The number of imidazole rings is 1. The van der Waals surface area contributed by atoms with Crippen LogP contribution >= 0.6 is 11.8 Å². The Labute approximate surface area is 202 Å². The predicted octanol–water partition coefficient (Wildman–Crippen LogP) is 3.84. The van der Waals surface area contributed by atoms with Crippen LogP contribution in [0.15, 0.2) is 52.5 Å². The van der Waals surface area contributed by atoms with E-state index in [4.69, 9.17) is 9.72 Å². The topological polar surface area (TPSA) is 97.3 Å². The predicted molar refractivity (Wildman–Crippen MR) is 133 cm³/mol. The number of carbonyl (C=O) groups is 1. The van der Waals surface area contributed by atoms with Gasteiger partial charge in [0.25, 0.3) is 0 Å². The molecule has 8 nitrogen and oxygen atoms in total. The van der Waals surface area contributed by atoms with E-state index in [-0.39, 0.29) is 16.4 Å². The lowest BCUT2D eigenvalue weighted by atomic mass is 10.1. The van der Waals surface area contributed by atoms with Crippen molar-refractivity contribution in [2.24, 2.45) is 0 Å². The van der Waals surface area contributed by atoms with Crippen LogP contribution in [0, 0.1) is 6.92 Å². The van der Waals surface area contributed by atoms with Crippen LogP contribution in [-0.2, 0) is 21.3 Å². The minimum atomic E-state index is -3.61. The summed E-state index contributed by atoms with van der Waals surface area (Å²) in [6.45, 7) is 6.08. The maximum absolute atomic E-state index is 13.1. The highest BCUT2D eigenvalue weighted by Crippen LogP contribution is 2.29. The van der Waals surface area contributed by atoms with Gasteiger partial charge in [0, 0.05) is 41.8 Å². The molecule has 4 aromatic rings. The number of hydrogen-bond donors (Lipinski definition) is 1. The van der Waals surface area contributed by atoms with E-state index in [0.717, 1.165) is 22.1 Å². The minimum Gasteiger partial charge on any atom is -0.379 e. The molecule has 0 aliphatic carbocycles. The average Bonchev–Trinajstić information content (AvgIpc) is 3.38. The molecule has 0 radical (unpaired) electrons. The zero-order valence-corrected chi connectivity index (χ0v) is 20.7. The van der Waals surface area contributed by atoms with Crippen LogP contribution in [0.25, 0.3) is 21.9 Å². The number of sulfonamides is 1. The summed E-state index contributed by atoms with van der Waals surface area (Å²) in [5.74, 6) is 0.274. The van der Waals surface area contributed by atoms with E-state index >= 15 is 0 Å². The third-order valence-corrected chi connectivity index (χ3v) is 8.98. The Kier molecular flexibility index (Phi) is 6.24. The van der Waals surface area contributed by atoms with Crippen LogP contribution in [0.4, 0.5) is 0 Å². The lowest BCUT2D eigenvalue weighted by Gasteiger charge is -2.26. The number of hydrogen-bond acceptors (Lipinski definition) is 6. The zero-order chi connectivity index (χ0) is 23.9. The summed E-state index contributed by atoms with van der Waals surface area (Å²) in [5.41, 5.74) is 3.97. The number of thioether (sulfide) groups is 1. The maximum atomic E-state index is 13.1. The van der Waals surface area contributed by atoms with Crippen molar-refractivity contribution in [2.75, 3.05) is 32.1 Å². The first-order valence-corrected chi connectivity index (χ1v) is 13.6. The molecule has 0 amide bonds. The normalized spacial score (nSPS) is 15.4. The van der Waals surface area contributed by atoms with Crippen molar-refractivity contribution < 1.29 is 17.9 Å². The SMILES string of the molecule is CCn1c(SCC(=O)c2c(C)[nH]c3ccccc23)nc2cc(S(=O)(=O)N3CCOCC3)ccc21. The average molecular weight is 499 g/mol. The standard InChI is InChI=1S/C24H26N4O4S2/c1-3-28-21-9-8-17(34(30,31)27-10-12-32-13-11-27)14-20(21)26-24(28)33-15-22(29)23-16(2)25-19-7-5-4-6-18(19)23/h4-9,14,25H,3,10-13,15H2,1-2H3. The van der Waals surface area contributed by atoms with Gasteiger partial charge >= 0.3 is 0 Å². The van der Waals surface area contributed by atoms with Crippen molar-refractivity contribution in [1.29, 1.82) is 0 Å². The number of fused-ring (bicyclic) bond motifs is 2. The van der Waals surface area contributed by atoms with Crippen LogP contribution in [-0.4, -0.2) is 65.1 Å². The number of ketones is 1. The van der Waals surface area contributed by atoms with Gasteiger partial charge in [-0.3, -0.25) is 4.79 Å². The highest BCUT2D eigenvalue weighted by Gasteiger charge is 2.27. The number of nitrogens with one attached hydrogen (secondary N) is 1. The van der Waals surface area contributed by atoms with Gasteiger partial charge < -0.3 is 14.3 Å². The summed E-state index contributed by atoms with van der Waals surface area (Å²) in [7, 11) is -3.61. The van der Waals surface area contributed by atoms with E-state index in [1.165, 1.54) is 16.1 Å². The fourth-order valence-corrected chi connectivity index (χ4v) is 6.82. The molecule has 0 spiro atoms. The Morgan fingerprint density at radius 1 is 1.18 bits per heavy atom. The fourth-order valence-electron chi connectivity index (χ4n) is 4.44. The Morgan fingerprint density at radius 3 is 2.71 bits per heavy atom. The number of Topliss-reactive ketones (excluding diaryl/α,β-unsaturated/α-hetero) is 1. The number of benzene rings is 2. The number of aromatic nitrogens is 3. The second-order valence-corrected chi connectivity index (χ2v) is 11.1. The Hall–Kier alpha value is -2.66. The highest BCUT2D eigenvalue weighted by atomic mass is 32.2. The monoisotopic (exact) mass is 498 g/mol. The number of carbonyl (C=O) groups excluding carboxylic acids is 1. The Balaban J connectivity index is 1.42. The summed E-state index contributed by atoms with van der Waals surface area (Å²) in [6.07, 6.45) is 0. The van der Waals surface area contributed by atoms with Gasteiger partial charge in [0.2, 0.25) is 10.0 Å². The van der Waals surface area contributed by atoms with Crippen LogP contribution < -0.4 is 0 Å². The first-order valence-electron chi connectivity index (χ1n) is 11.2. The van der Waals surface area contributed by atoms with Crippen LogP contribution in [0.2, 0.25) is 0 Å². The van der Waals surface area contributed by atoms with Gasteiger partial charge in [-0.1, -0.05) is 30.0 Å². The molecule has 178 valence electrons. The van der Waals surface area contributed by atoms with Crippen molar-refractivity contribution in [2.45, 2.75) is 30.4 Å². The molecule has 1 aliphatic rings. The van der Waals surface area contributed by atoms with Gasteiger partial charge in [0.1, 0.15) is 0 Å².